The zero-order valence-electron chi connectivity index (χ0n) is 9.66. The maximum atomic E-state index is 12.1. The zero-order chi connectivity index (χ0) is 12.6. The number of rotatable bonds is 1. The van der Waals surface area contributed by atoms with Crippen LogP contribution in [0.4, 0.5) is 0 Å². The van der Waals surface area contributed by atoms with E-state index in [-0.39, 0.29) is 24.2 Å². The van der Waals surface area contributed by atoms with Gasteiger partial charge in [0.25, 0.3) is 5.91 Å². The molecule has 0 aromatic carbocycles. The number of thiazole rings is 1. The number of sulfone groups is 1. The Morgan fingerprint density at radius 3 is 2.82 bits per heavy atom. The third-order valence-corrected chi connectivity index (χ3v) is 6.13. The number of amides is 1. The van der Waals surface area contributed by atoms with Crippen LogP contribution in [-0.4, -0.2) is 47.8 Å². The van der Waals surface area contributed by atoms with Crippen molar-refractivity contribution < 1.29 is 13.2 Å². The van der Waals surface area contributed by atoms with Crippen LogP contribution in [0.3, 0.4) is 0 Å². The van der Waals surface area contributed by atoms with Crippen molar-refractivity contribution in [2.24, 2.45) is 0 Å². The number of hydrogen-bond donors (Lipinski definition) is 0. The van der Waals surface area contributed by atoms with Gasteiger partial charge in [-0.1, -0.05) is 0 Å². The molecule has 0 bridgehead atoms. The Labute approximate surface area is 104 Å². The summed E-state index contributed by atoms with van der Waals surface area (Å²) in [5.74, 6) is -0.144. The summed E-state index contributed by atoms with van der Waals surface area (Å²) in [5, 5.41) is 1.17. The maximum Gasteiger partial charge on any atom is 0.273 e. The molecule has 0 radical (unpaired) electrons. The fraction of sp³-hybridized carbons (Fsp3) is 0.600. The van der Waals surface area contributed by atoms with Crippen LogP contribution in [-0.2, 0) is 9.84 Å². The minimum Gasteiger partial charge on any atom is -0.332 e. The zero-order valence-corrected chi connectivity index (χ0v) is 11.3. The van der Waals surface area contributed by atoms with Gasteiger partial charge in [-0.05, 0) is 13.8 Å². The number of nitrogens with zero attached hydrogens (tertiary/aromatic N) is 2. The molecule has 0 N–H and O–H groups in total. The Bertz CT molecular complexity index is 510. The first-order valence-electron chi connectivity index (χ1n) is 5.34. The van der Waals surface area contributed by atoms with Gasteiger partial charge in [0.15, 0.2) is 9.84 Å². The van der Waals surface area contributed by atoms with Crippen LogP contribution in [0, 0.1) is 0 Å². The van der Waals surface area contributed by atoms with Gasteiger partial charge in [-0.2, -0.15) is 0 Å². The molecule has 1 aromatic heterocycles. The molecule has 94 valence electrons. The molecule has 1 aromatic rings. The second kappa shape index (κ2) is 4.38. The number of aromatic nitrogens is 1. The third kappa shape index (κ3) is 2.21. The lowest BCUT2D eigenvalue weighted by atomic mass is 10.2. The largest absolute Gasteiger partial charge is 0.332 e. The van der Waals surface area contributed by atoms with Gasteiger partial charge in [0.05, 0.1) is 16.5 Å². The average Bonchev–Trinajstić information content (AvgIpc) is 2.79. The van der Waals surface area contributed by atoms with Gasteiger partial charge < -0.3 is 4.90 Å². The second-order valence-electron chi connectivity index (χ2n) is 4.18. The van der Waals surface area contributed by atoms with Gasteiger partial charge in [0, 0.05) is 18.0 Å². The molecule has 0 spiro atoms. The van der Waals surface area contributed by atoms with Crippen LogP contribution in [0.1, 0.15) is 24.3 Å². The summed E-state index contributed by atoms with van der Waals surface area (Å²) in [7, 11) is -3.06. The lowest BCUT2D eigenvalue weighted by molar-refractivity contribution is 0.0688. The number of carbonyl (C=O) groups excluding carboxylic acids is 1. The van der Waals surface area contributed by atoms with Gasteiger partial charge in [-0.3, -0.25) is 4.79 Å². The average molecular weight is 274 g/mol. The van der Waals surface area contributed by atoms with Crippen molar-refractivity contribution in [2.45, 2.75) is 25.1 Å². The third-order valence-electron chi connectivity index (χ3n) is 3.27. The van der Waals surface area contributed by atoms with Crippen LogP contribution < -0.4 is 0 Å². The highest BCUT2D eigenvalue weighted by molar-refractivity contribution is 7.92. The van der Waals surface area contributed by atoms with Crippen molar-refractivity contribution in [1.29, 1.82) is 0 Å². The van der Waals surface area contributed by atoms with E-state index in [1.165, 1.54) is 11.3 Å². The first-order valence-corrected chi connectivity index (χ1v) is 8.00. The van der Waals surface area contributed by atoms with E-state index in [2.05, 4.69) is 4.98 Å². The van der Waals surface area contributed by atoms with E-state index in [1.807, 2.05) is 0 Å². The summed E-state index contributed by atoms with van der Waals surface area (Å²) in [5.41, 5.74) is 2.00. The van der Waals surface area contributed by atoms with E-state index in [0.717, 1.165) is 0 Å². The fourth-order valence-corrected chi connectivity index (χ4v) is 4.02. The molecule has 7 heteroatoms. The Hall–Kier alpha value is -0.950. The summed E-state index contributed by atoms with van der Waals surface area (Å²) < 4.78 is 23.4. The van der Waals surface area contributed by atoms with Gasteiger partial charge in [0.1, 0.15) is 5.69 Å². The minimum absolute atomic E-state index is 0.0361. The van der Waals surface area contributed by atoms with Gasteiger partial charge in [-0.25, -0.2) is 13.4 Å². The first-order chi connectivity index (χ1) is 7.93. The summed E-state index contributed by atoms with van der Waals surface area (Å²) >= 11 is 1.36. The molecule has 2 atom stereocenters. The number of hydrogen-bond acceptors (Lipinski definition) is 5. The monoisotopic (exact) mass is 274 g/mol. The molecule has 1 amide bonds. The Kier molecular flexibility index (Phi) is 3.22. The molecule has 1 fully saturated rings. The van der Waals surface area contributed by atoms with Gasteiger partial charge in [-0.15, -0.1) is 11.3 Å². The maximum absolute atomic E-state index is 12.1. The predicted molar refractivity (Wildman–Crippen MR) is 65.9 cm³/mol. The van der Waals surface area contributed by atoms with Crippen molar-refractivity contribution in [1.82, 2.24) is 9.88 Å². The summed E-state index contributed by atoms with van der Waals surface area (Å²) in [6.07, 6.45) is 0. The Morgan fingerprint density at radius 1 is 1.53 bits per heavy atom. The van der Waals surface area contributed by atoms with Crippen LogP contribution in [0.5, 0.6) is 0 Å². The molecule has 0 unspecified atom stereocenters. The summed E-state index contributed by atoms with van der Waals surface area (Å²) in [4.78, 5) is 17.7. The van der Waals surface area contributed by atoms with Crippen molar-refractivity contribution in [3.05, 3.63) is 16.6 Å². The summed E-state index contributed by atoms with van der Waals surface area (Å²) in [6, 6.07) is -0.303. The SMILES string of the molecule is C[C@@H]1[C@@H](C)S(=O)(=O)CCN1C(=O)c1cscn1. The van der Waals surface area contributed by atoms with Crippen molar-refractivity contribution in [3.63, 3.8) is 0 Å². The van der Waals surface area contributed by atoms with Crippen molar-refractivity contribution >= 4 is 27.1 Å². The quantitative estimate of drug-likeness (QED) is 0.759. The Balaban J connectivity index is 2.22. The molecular weight excluding hydrogens is 260 g/mol. The molecule has 0 saturated carbocycles. The lowest BCUT2D eigenvalue weighted by Gasteiger charge is -2.37. The van der Waals surface area contributed by atoms with Crippen LogP contribution in [0.15, 0.2) is 10.9 Å². The van der Waals surface area contributed by atoms with Crippen LogP contribution in [0.2, 0.25) is 0 Å². The van der Waals surface area contributed by atoms with Crippen LogP contribution in [0.25, 0.3) is 0 Å². The minimum atomic E-state index is -3.06. The molecule has 1 aliphatic rings. The molecule has 17 heavy (non-hydrogen) atoms. The van der Waals surface area contributed by atoms with E-state index in [0.29, 0.717) is 5.69 Å². The standard InChI is InChI=1S/C10H14N2O3S2/c1-7-8(2)17(14,15)4-3-12(7)10(13)9-5-16-6-11-9/h5-8H,3-4H2,1-2H3/t7-,8-/m1/s1. The van der Waals surface area contributed by atoms with E-state index in [9.17, 15) is 13.2 Å². The highest BCUT2D eigenvalue weighted by Crippen LogP contribution is 2.21. The highest BCUT2D eigenvalue weighted by atomic mass is 32.2. The highest BCUT2D eigenvalue weighted by Gasteiger charge is 2.38. The molecule has 2 rings (SSSR count). The second-order valence-corrected chi connectivity index (χ2v) is 7.38. The Morgan fingerprint density at radius 2 is 2.24 bits per heavy atom. The van der Waals surface area contributed by atoms with Gasteiger partial charge >= 0.3 is 0 Å². The molecular formula is C10H14N2O3S2. The smallest absolute Gasteiger partial charge is 0.273 e. The normalized spacial score (nSPS) is 28.0. The van der Waals surface area contributed by atoms with E-state index in [4.69, 9.17) is 0 Å². The molecule has 0 aliphatic carbocycles. The van der Waals surface area contributed by atoms with Gasteiger partial charge in [0.2, 0.25) is 0 Å². The summed E-state index contributed by atoms with van der Waals surface area (Å²) in [6.45, 7) is 3.68. The molecule has 5 nitrogen and oxygen atoms in total. The molecule has 2 heterocycles. The fourth-order valence-electron chi connectivity index (χ4n) is 1.92. The van der Waals surface area contributed by atoms with Crippen molar-refractivity contribution in [3.8, 4) is 0 Å². The lowest BCUT2D eigenvalue weighted by Crippen LogP contribution is -2.54. The van der Waals surface area contributed by atoms with Crippen LogP contribution >= 0.6 is 11.3 Å². The molecule has 1 aliphatic heterocycles. The van der Waals surface area contributed by atoms with E-state index < -0.39 is 15.1 Å². The van der Waals surface area contributed by atoms with E-state index in [1.54, 1.807) is 29.6 Å². The molecule has 1 saturated heterocycles. The topological polar surface area (TPSA) is 67.3 Å². The van der Waals surface area contributed by atoms with E-state index >= 15 is 0 Å². The van der Waals surface area contributed by atoms with Crippen molar-refractivity contribution in [2.75, 3.05) is 12.3 Å². The number of carbonyl (C=O) groups is 1. The first kappa shape index (κ1) is 12.5. The predicted octanol–water partition coefficient (Wildman–Crippen LogP) is 0.791.